The lowest BCUT2D eigenvalue weighted by Crippen LogP contribution is -2.16. The summed E-state index contributed by atoms with van der Waals surface area (Å²) in [4.78, 5) is 21.1. The average Bonchev–Trinajstić information content (AvgIpc) is 2.73. The number of carbonyl (C=O) groups is 1. The Morgan fingerprint density at radius 3 is 2.61 bits per heavy atom. The van der Waals surface area contributed by atoms with Gasteiger partial charge in [-0.05, 0) is 36.8 Å². The Bertz CT molecular complexity index is 975. The number of ether oxygens (including phenoxy) is 2. The Hall–Kier alpha value is -3.61. The molecule has 2 aromatic carbocycles. The van der Waals surface area contributed by atoms with Crippen molar-refractivity contribution in [1.82, 2.24) is 9.97 Å². The third-order valence-electron chi connectivity index (χ3n) is 4.12. The van der Waals surface area contributed by atoms with Crippen LogP contribution in [0, 0.1) is 6.92 Å². The van der Waals surface area contributed by atoms with Crippen LogP contribution in [-0.4, -0.2) is 30.1 Å². The van der Waals surface area contributed by atoms with Gasteiger partial charge in [-0.1, -0.05) is 24.3 Å². The SMILES string of the molecule is COc1ccccc1CNc1nccc(C(=O)Nc2cc(C)ccc2OC)n1. The molecule has 0 aliphatic rings. The number of aryl methyl sites for hydroxylation is 1. The van der Waals surface area contributed by atoms with Gasteiger partial charge in [-0.15, -0.1) is 0 Å². The van der Waals surface area contributed by atoms with Crippen molar-refractivity contribution in [3.8, 4) is 11.5 Å². The van der Waals surface area contributed by atoms with Crippen LogP contribution in [0.3, 0.4) is 0 Å². The molecular weight excluding hydrogens is 356 g/mol. The number of anilines is 2. The quantitative estimate of drug-likeness (QED) is 0.653. The van der Waals surface area contributed by atoms with Crippen molar-refractivity contribution in [3.63, 3.8) is 0 Å². The van der Waals surface area contributed by atoms with Gasteiger partial charge in [0, 0.05) is 18.3 Å². The summed E-state index contributed by atoms with van der Waals surface area (Å²) in [7, 11) is 3.19. The molecule has 0 saturated carbocycles. The minimum Gasteiger partial charge on any atom is -0.496 e. The topological polar surface area (TPSA) is 85.4 Å². The molecule has 0 saturated heterocycles. The van der Waals surface area contributed by atoms with Crippen molar-refractivity contribution < 1.29 is 14.3 Å². The van der Waals surface area contributed by atoms with Crippen molar-refractivity contribution in [1.29, 1.82) is 0 Å². The second-order valence-corrected chi connectivity index (χ2v) is 6.09. The first kappa shape index (κ1) is 19.2. The predicted octanol–water partition coefficient (Wildman–Crippen LogP) is 3.67. The summed E-state index contributed by atoms with van der Waals surface area (Å²) in [5.74, 6) is 1.37. The minimum atomic E-state index is -0.341. The molecule has 0 aliphatic heterocycles. The summed E-state index contributed by atoms with van der Waals surface area (Å²) in [6.07, 6.45) is 1.54. The molecule has 1 aromatic heterocycles. The normalized spacial score (nSPS) is 10.2. The maximum absolute atomic E-state index is 12.6. The Morgan fingerprint density at radius 2 is 1.82 bits per heavy atom. The maximum Gasteiger partial charge on any atom is 0.274 e. The van der Waals surface area contributed by atoms with Crippen molar-refractivity contribution in [2.24, 2.45) is 0 Å². The zero-order valence-corrected chi connectivity index (χ0v) is 16.0. The number of nitrogens with one attached hydrogen (secondary N) is 2. The van der Waals surface area contributed by atoms with Crippen molar-refractivity contribution in [2.45, 2.75) is 13.5 Å². The molecule has 7 heteroatoms. The van der Waals surface area contributed by atoms with Gasteiger partial charge in [-0.2, -0.15) is 0 Å². The summed E-state index contributed by atoms with van der Waals surface area (Å²) in [6, 6.07) is 14.8. The molecule has 2 N–H and O–H groups in total. The molecule has 144 valence electrons. The average molecular weight is 378 g/mol. The van der Waals surface area contributed by atoms with Gasteiger partial charge >= 0.3 is 0 Å². The fourth-order valence-corrected chi connectivity index (χ4v) is 2.70. The van der Waals surface area contributed by atoms with Gasteiger partial charge in [0.2, 0.25) is 5.95 Å². The first-order chi connectivity index (χ1) is 13.6. The van der Waals surface area contributed by atoms with Gasteiger partial charge in [-0.25, -0.2) is 9.97 Å². The van der Waals surface area contributed by atoms with Crippen LogP contribution in [0.1, 0.15) is 21.6 Å². The van der Waals surface area contributed by atoms with E-state index in [1.54, 1.807) is 26.5 Å². The van der Waals surface area contributed by atoms with Crippen molar-refractivity contribution in [3.05, 3.63) is 71.5 Å². The molecule has 0 radical (unpaired) electrons. The minimum absolute atomic E-state index is 0.251. The number of carbonyl (C=O) groups excluding carboxylic acids is 1. The van der Waals surface area contributed by atoms with E-state index in [1.807, 2.05) is 49.4 Å². The predicted molar refractivity (Wildman–Crippen MR) is 108 cm³/mol. The van der Waals surface area contributed by atoms with Gasteiger partial charge in [0.1, 0.15) is 17.2 Å². The fourth-order valence-electron chi connectivity index (χ4n) is 2.70. The van der Waals surface area contributed by atoms with Crippen molar-refractivity contribution in [2.75, 3.05) is 24.9 Å². The highest BCUT2D eigenvalue weighted by Gasteiger charge is 2.12. The Balaban J connectivity index is 1.72. The lowest BCUT2D eigenvalue weighted by molar-refractivity contribution is 0.102. The number of hydrogen-bond acceptors (Lipinski definition) is 6. The van der Waals surface area contributed by atoms with E-state index in [1.165, 1.54) is 0 Å². The highest BCUT2D eigenvalue weighted by Crippen LogP contribution is 2.25. The molecule has 28 heavy (non-hydrogen) atoms. The summed E-state index contributed by atoms with van der Waals surface area (Å²) < 4.78 is 10.6. The lowest BCUT2D eigenvalue weighted by atomic mass is 10.2. The monoisotopic (exact) mass is 378 g/mol. The Kier molecular flexibility index (Phi) is 6.06. The molecule has 0 bridgehead atoms. The van der Waals surface area contributed by atoms with Crippen LogP contribution in [0.5, 0.6) is 11.5 Å². The molecule has 7 nitrogen and oxygen atoms in total. The molecular formula is C21H22N4O3. The molecule has 1 amide bonds. The lowest BCUT2D eigenvalue weighted by Gasteiger charge is -2.12. The molecule has 0 aliphatic carbocycles. The molecule has 3 aromatic rings. The van der Waals surface area contributed by atoms with Crippen LogP contribution in [0.25, 0.3) is 0 Å². The first-order valence-corrected chi connectivity index (χ1v) is 8.75. The summed E-state index contributed by atoms with van der Waals surface area (Å²) in [6.45, 7) is 2.42. The van der Waals surface area contributed by atoms with E-state index in [0.29, 0.717) is 23.9 Å². The highest BCUT2D eigenvalue weighted by molar-refractivity contribution is 6.03. The summed E-state index contributed by atoms with van der Waals surface area (Å²) >= 11 is 0. The second kappa shape index (κ2) is 8.85. The van der Waals surface area contributed by atoms with Crippen LogP contribution < -0.4 is 20.1 Å². The number of hydrogen-bond donors (Lipinski definition) is 2. The zero-order chi connectivity index (χ0) is 19.9. The number of para-hydroxylation sites is 1. The third-order valence-corrected chi connectivity index (χ3v) is 4.12. The summed E-state index contributed by atoms with van der Waals surface area (Å²) in [5.41, 5.74) is 2.82. The highest BCUT2D eigenvalue weighted by atomic mass is 16.5. The van der Waals surface area contributed by atoms with Crippen molar-refractivity contribution >= 4 is 17.5 Å². The molecule has 0 spiro atoms. The van der Waals surface area contributed by atoms with Gasteiger partial charge in [0.25, 0.3) is 5.91 Å². The number of aromatic nitrogens is 2. The Labute approximate surface area is 163 Å². The number of benzene rings is 2. The van der Waals surface area contributed by atoms with Crippen LogP contribution in [-0.2, 0) is 6.54 Å². The van der Waals surface area contributed by atoms with Gasteiger partial charge in [-0.3, -0.25) is 4.79 Å². The van der Waals surface area contributed by atoms with Crippen LogP contribution in [0.2, 0.25) is 0 Å². The van der Waals surface area contributed by atoms with Crippen LogP contribution >= 0.6 is 0 Å². The second-order valence-electron chi connectivity index (χ2n) is 6.09. The van der Waals surface area contributed by atoms with E-state index in [9.17, 15) is 4.79 Å². The van der Waals surface area contributed by atoms with E-state index in [2.05, 4.69) is 20.6 Å². The van der Waals surface area contributed by atoms with Gasteiger partial charge in [0.05, 0.1) is 19.9 Å². The standard InChI is InChI=1S/C21H22N4O3/c1-14-8-9-19(28-3)17(12-14)24-20(26)16-10-11-22-21(25-16)23-13-15-6-4-5-7-18(15)27-2/h4-12H,13H2,1-3H3,(H,24,26)(H,22,23,25). The van der Waals surface area contributed by atoms with E-state index in [0.717, 1.165) is 16.9 Å². The maximum atomic E-state index is 12.6. The van der Waals surface area contributed by atoms with Crippen LogP contribution in [0.4, 0.5) is 11.6 Å². The van der Waals surface area contributed by atoms with E-state index < -0.39 is 0 Å². The number of amides is 1. The van der Waals surface area contributed by atoms with E-state index in [4.69, 9.17) is 9.47 Å². The molecule has 3 rings (SSSR count). The fraction of sp³-hybridized carbons (Fsp3) is 0.190. The number of rotatable bonds is 7. The third kappa shape index (κ3) is 4.56. The number of methoxy groups -OCH3 is 2. The largest absolute Gasteiger partial charge is 0.496 e. The molecule has 0 unspecified atom stereocenters. The van der Waals surface area contributed by atoms with Gasteiger partial charge in [0.15, 0.2) is 0 Å². The van der Waals surface area contributed by atoms with E-state index >= 15 is 0 Å². The molecule has 1 heterocycles. The Morgan fingerprint density at radius 1 is 1.04 bits per heavy atom. The summed E-state index contributed by atoms with van der Waals surface area (Å²) in [5, 5.41) is 5.96. The molecule has 0 atom stereocenters. The van der Waals surface area contributed by atoms with Gasteiger partial charge < -0.3 is 20.1 Å². The smallest absolute Gasteiger partial charge is 0.274 e. The van der Waals surface area contributed by atoms with E-state index in [-0.39, 0.29) is 11.6 Å². The van der Waals surface area contributed by atoms with Crippen LogP contribution in [0.15, 0.2) is 54.7 Å². The first-order valence-electron chi connectivity index (χ1n) is 8.75. The molecule has 0 fully saturated rings. The number of nitrogens with zero attached hydrogens (tertiary/aromatic N) is 2. The zero-order valence-electron chi connectivity index (χ0n) is 16.0.